The van der Waals surface area contributed by atoms with Crippen molar-refractivity contribution in [2.24, 2.45) is 0 Å². The highest BCUT2D eigenvalue weighted by molar-refractivity contribution is 5.75. The van der Waals surface area contributed by atoms with Crippen molar-refractivity contribution in [1.82, 2.24) is 10.6 Å². The van der Waals surface area contributed by atoms with Crippen molar-refractivity contribution in [1.29, 1.82) is 0 Å². The molecule has 3 heteroatoms. The highest BCUT2D eigenvalue weighted by atomic mass is 16.1. The summed E-state index contributed by atoms with van der Waals surface area (Å²) in [5, 5.41) is 6.19. The molecule has 0 aromatic carbocycles. The molecule has 0 aliphatic carbocycles. The minimum atomic E-state index is 0.152. The normalized spacial score (nSPS) is 23.5. The number of nitrogens with one attached hydrogen (secondary N) is 2. The van der Waals surface area contributed by atoms with E-state index >= 15 is 0 Å². The molecule has 1 amide bonds. The van der Waals surface area contributed by atoms with E-state index in [9.17, 15) is 4.79 Å². The predicted molar refractivity (Wildman–Crippen MR) is 44.3 cm³/mol. The van der Waals surface area contributed by atoms with E-state index in [2.05, 4.69) is 10.6 Å². The molecule has 1 atom stereocenters. The van der Waals surface area contributed by atoms with E-state index in [1.165, 1.54) is 12.8 Å². The molecule has 1 aliphatic rings. The second kappa shape index (κ2) is 4.34. The second-order valence-corrected chi connectivity index (χ2v) is 2.95. The molecular weight excluding hydrogens is 140 g/mol. The average molecular weight is 156 g/mol. The Labute approximate surface area is 67.5 Å². The van der Waals surface area contributed by atoms with E-state index in [0.717, 1.165) is 13.1 Å². The SMILES string of the molecule is CCC(=O)NC[C@@H]1CCCN1. The standard InChI is InChI=1S/C8H16N2O/c1-2-8(11)10-6-7-4-3-5-9-7/h7,9H,2-6H2,1H3,(H,10,11)/t7-/m0/s1. The molecule has 0 aromatic heterocycles. The summed E-state index contributed by atoms with van der Waals surface area (Å²) in [5.41, 5.74) is 0. The molecule has 0 saturated carbocycles. The first-order valence-corrected chi connectivity index (χ1v) is 4.33. The highest BCUT2D eigenvalue weighted by Gasteiger charge is 2.13. The van der Waals surface area contributed by atoms with Crippen molar-refractivity contribution in [2.75, 3.05) is 13.1 Å². The number of carbonyl (C=O) groups is 1. The van der Waals surface area contributed by atoms with Gasteiger partial charge in [0.05, 0.1) is 0 Å². The van der Waals surface area contributed by atoms with Crippen LogP contribution in [-0.4, -0.2) is 25.0 Å². The van der Waals surface area contributed by atoms with Gasteiger partial charge in [0, 0.05) is 19.0 Å². The van der Waals surface area contributed by atoms with Crippen LogP contribution >= 0.6 is 0 Å². The molecule has 1 heterocycles. The predicted octanol–water partition coefficient (Wildman–Crippen LogP) is 0.265. The maximum Gasteiger partial charge on any atom is 0.219 e. The van der Waals surface area contributed by atoms with Crippen LogP contribution in [0.2, 0.25) is 0 Å². The molecule has 11 heavy (non-hydrogen) atoms. The molecule has 3 nitrogen and oxygen atoms in total. The van der Waals surface area contributed by atoms with Gasteiger partial charge >= 0.3 is 0 Å². The van der Waals surface area contributed by atoms with Gasteiger partial charge in [-0.05, 0) is 19.4 Å². The maximum atomic E-state index is 10.8. The van der Waals surface area contributed by atoms with Crippen molar-refractivity contribution >= 4 is 5.91 Å². The molecule has 1 fully saturated rings. The third-order valence-corrected chi connectivity index (χ3v) is 2.03. The summed E-state index contributed by atoms with van der Waals surface area (Å²) in [6, 6.07) is 0.519. The molecule has 0 aromatic rings. The van der Waals surface area contributed by atoms with E-state index in [4.69, 9.17) is 0 Å². The minimum absolute atomic E-state index is 0.152. The van der Waals surface area contributed by atoms with Gasteiger partial charge in [-0.15, -0.1) is 0 Å². The third kappa shape index (κ3) is 2.89. The summed E-state index contributed by atoms with van der Waals surface area (Å²) >= 11 is 0. The van der Waals surface area contributed by atoms with Gasteiger partial charge in [0.2, 0.25) is 5.91 Å². The Morgan fingerprint density at radius 2 is 2.55 bits per heavy atom. The second-order valence-electron chi connectivity index (χ2n) is 2.95. The smallest absolute Gasteiger partial charge is 0.219 e. The number of rotatable bonds is 3. The summed E-state index contributed by atoms with van der Waals surface area (Å²) in [6.07, 6.45) is 3.03. The number of carbonyl (C=O) groups excluding carboxylic acids is 1. The third-order valence-electron chi connectivity index (χ3n) is 2.03. The first kappa shape index (κ1) is 8.53. The van der Waals surface area contributed by atoms with Gasteiger partial charge in [-0.25, -0.2) is 0 Å². The minimum Gasteiger partial charge on any atom is -0.355 e. The van der Waals surface area contributed by atoms with Gasteiger partial charge in [-0.1, -0.05) is 6.92 Å². The lowest BCUT2D eigenvalue weighted by molar-refractivity contribution is -0.120. The summed E-state index contributed by atoms with van der Waals surface area (Å²) < 4.78 is 0. The van der Waals surface area contributed by atoms with Gasteiger partial charge in [-0.2, -0.15) is 0 Å². The Bertz CT molecular complexity index is 130. The summed E-state index contributed by atoms with van der Waals surface area (Å²) in [5.74, 6) is 0.152. The van der Waals surface area contributed by atoms with Crippen LogP contribution in [0.15, 0.2) is 0 Å². The van der Waals surface area contributed by atoms with Gasteiger partial charge < -0.3 is 10.6 Å². The zero-order valence-corrected chi connectivity index (χ0v) is 7.02. The molecule has 1 aliphatic heterocycles. The quantitative estimate of drug-likeness (QED) is 0.615. The van der Waals surface area contributed by atoms with Crippen LogP contribution in [0.25, 0.3) is 0 Å². The van der Waals surface area contributed by atoms with Crippen molar-refractivity contribution in [2.45, 2.75) is 32.2 Å². The Balaban J connectivity index is 2.06. The lowest BCUT2D eigenvalue weighted by Gasteiger charge is -2.10. The highest BCUT2D eigenvalue weighted by Crippen LogP contribution is 2.02. The van der Waals surface area contributed by atoms with Crippen LogP contribution < -0.4 is 10.6 Å². The average Bonchev–Trinajstić information content (AvgIpc) is 2.52. The number of hydrogen-bond acceptors (Lipinski definition) is 2. The van der Waals surface area contributed by atoms with Crippen LogP contribution in [0.3, 0.4) is 0 Å². The Kier molecular flexibility index (Phi) is 3.36. The molecule has 1 rings (SSSR count). The van der Waals surface area contributed by atoms with Crippen LogP contribution in [0, 0.1) is 0 Å². The fourth-order valence-corrected chi connectivity index (χ4v) is 1.29. The van der Waals surface area contributed by atoms with E-state index < -0.39 is 0 Å². The summed E-state index contributed by atoms with van der Waals surface area (Å²) in [7, 11) is 0. The van der Waals surface area contributed by atoms with Gasteiger partial charge in [-0.3, -0.25) is 4.79 Å². The van der Waals surface area contributed by atoms with Crippen molar-refractivity contribution in [3.63, 3.8) is 0 Å². The Morgan fingerprint density at radius 1 is 1.73 bits per heavy atom. The molecule has 0 bridgehead atoms. The lowest BCUT2D eigenvalue weighted by Crippen LogP contribution is -2.36. The van der Waals surface area contributed by atoms with Crippen LogP contribution in [0.1, 0.15) is 26.2 Å². The maximum absolute atomic E-state index is 10.8. The van der Waals surface area contributed by atoms with E-state index in [1.54, 1.807) is 0 Å². The van der Waals surface area contributed by atoms with Crippen molar-refractivity contribution < 1.29 is 4.79 Å². The molecular formula is C8H16N2O. The topological polar surface area (TPSA) is 41.1 Å². The monoisotopic (exact) mass is 156 g/mol. The van der Waals surface area contributed by atoms with Crippen LogP contribution in [0.5, 0.6) is 0 Å². The van der Waals surface area contributed by atoms with Crippen LogP contribution in [-0.2, 0) is 4.79 Å². The fourth-order valence-electron chi connectivity index (χ4n) is 1.29. The Morgan fingerprint density at radius 3 is 3.09 bits per heavy atom. The molecule has 1 saturated heterocycles. The summed E-state index contributed by atoms with van der Waals surface area (Å²) in [6.45, 7) is 3.77. The summed E-state index contributed by atoms with van der Waals surface area (Å²) in [4.78, 5) is 10.8. The zero-order valence-electron chi connectivity index (χ0n) is 7.02. The van der Waals surface area contributed by atoms with E-state index in [-0.39, 0.29) is 5.91 Å². The molecule has 64 valence electrons. The number of hydrogen-bond donors (Lipinski definition) is 2. The van der Waals surface area contributed by atoms with Crippen molar-refractivity contribution in [3.05, 3.63) is 0 Å². The first-order valence-electron chi connectivity index (χ1n) is 4.33. The van der Waals surface area contributed by atoms with E-state index in [0.29, 0.717) is 12.5 Å². The fraction of sp³-hybridized carbons (Fsp3) is 0.875. The van der Waals surface area contributed by atoms with Gasteiger partial charge in [0.25, 0.3) is 0 Å². The van der Waals surface area contributed by atoms with Gasteiger partial charge in [0.1, 0.15) is 0 Å². The van der Waals surface area contributed by atoms with Crippen molar-refractivity contribution in [3.8, 4) is 0 Å². The van der Waals surface area contributed by atoms with Gasteiger partial charge in [0.15, 0.2) is 0 Å². The largest absolute Gasteiger partial charge is 0.355 e. The Hall–Kier alpha value is -0.570. The van der Waals surface area contributed by atoms with Crippen LogP contribution in [0.4, 0.5) is 0 Å². The first-order chi connectivity index (χ1) is 5.33. The molecule has 0 radical (unpaired) electrons. The zero-order chi connectivity index (χ0) is 8.10. The molecule has 0 unspecified atom stereocenters. The lowest BCUT2D eigenvalue weighted by atomic mass is 10.2. The number of amides is 1. The molecule has 0 spiro atoms. The molecule has 2 N–H and O–H groups in total. The van der Waals surface area contributed by atoms with E-state index in [1.807, 2.05) is 6.92 Å².